The van der Waals surface area contributed by atoms with E-state index in [1.54, 1.807) is 0 Å². The molecule has 3 heteroatoms. The summed E-state index contributed by atoms with van der Waals surface area (Å²) in [5.41, 5.74) is 1.28. The molecule has 1 aromatic carbocycles. The number of unbranched alkanes of at least 4 members (excludes halogenated alkanes) is 3. The van der Waals surface area contributed by atoms with Crippen LogP contribution in [0.4, 0.5) is 0 Å². The van der Waals surface area contributed by atoms with Gasteiger partial charge in [-0.25, -0.2) is 0 Å². The summed E-state index contributed by atoms with van der Waals surface area (Å²) < 4.78 is 7.40. The van der Waals surface area contributed by atoms with Gasteiger partial charge >= 0.3 is 0 Å². The van der Waals surface area contributed by atoms with Crippen LogP contribution in [0.1, 0.15) is 57.4 Å². The zero-order valence-electron chi connectivity index (χ0n) is 13.6. The summed E-state index contributed by atoms with van der Waals surface area (Å²) in [7, 11) is 0. The molecule has 2 nitrogen and oxygen atoms in total. The van der Waals surface area contributed by atoms with Gasteiger partial charge in [0.2, 0.25) is 0 Å². The largest absolute Gasteiger partial charge is 0.372 e. The van der Waals surface area contributed by atoms with Crippen LogP contribution < -0.4 is 0 Å². The molecule has 1 heterocycles. The van der Waals surface area contributed by atoms with Crippen molar-refractivity contribution in [3.63, 3.8) is 0 Å². The molecule has 0 N–H and O–H groups in total. The molecule has 1 aliphatic carbocycles. The molecule has 0 bridgehead atoms. The van der Waals surface area contributed by atoms with Gasteiger partial charge in [-0.05, 0) is 49.9 Å². The van der Waals surface area contributed by atoms with E-state index in [1.807, 2.05) is 0 Å². The predicted molar refractivity (Wildman–Crippen MR) is 95.0 cm³/mol. The number of hydrogen-bond acceptors (Lipinski definition) is 2. The van der Waals surface area contributed by atoms with E-state index in [-0.39, 0.29) is 0 Å². The SMILES string of the molecule is CCCCCCN1[C@@H]2[C@H]1CCC[C@H]2OCc1ccc(Br)cc1. The fraction of sp³-hybridized carbons (Fsp3) is 0.684. The fourth-order valence-corrected chi connectivity index (χ4v) is 4.12. The van der Waals surface area contributed by atoms with E-state index in [0.717, 1.165) is 17.1 Å². The van der Waals surface area contributed by atoms with Crippen LogP contribution in [0.5, 0.6) is 0 Å². The van der Waals surface area contributed by atoms with E-state index in [2.05, 4.69) is 52.0 Å². The molecule has 0 radical (unpaired) electrons. The lowest BCUT2D eigenvalue weighted by Gasteiger charge is -2.20. The van der Waals surface area contributed by atoms with Crippen molar-refractivity contribution >= 4 is 15.9 Å². The first kappa shape index (κ1) is 16.5. The Balaban J connectivity index is 1.44. The maximum Gasteiger partial charge on any atom is 0.0750 e. The number of halogens is 1. The van der Waals surface area contributed by atoms with Gasteiger partial charge in [-0.15, -0.1) is 0 Å². The second kappa shape index (κ2) is 7.94. The Kier molecular flexibility index (Phi) is 5.95. The van der Waals surface area contributed by atoms with Crippen molar-refractivity contribution in [3.8, 4) is 0 Å². The molecular weight excluding hydrogens is 338 g/mol. The lowest BCUT2D eigenvalue weighted by atomic mass is 9.98. The number of likely N-dealkylation sites (tertiary alicyclic amines) is 1. The van der Waals surface area contributed by atoms with Crippen LogP contribution in [0, 0.1) is 0 Å². The summed E-state index contributed by atoms with van der Waals surface area (Å²) in [4.78, 5) is 2.70. The van der Waals surface area contributed by atoms with Crippen molar-refractivity contribution in [2.75, 3.05) is 6.54 Å². The molecule has 1 saturated carbocycles. The summed E-state index contributed by atoms with van der Waals surface area (Å²) >= 11 is 3.48. The lowest BCUT2D eigenvalue weighted by molar-refractivity contribution is 0.0203. The number of ether oxygens (including phenoxy) is 1. The monoisotopic (exact) mass is 365 g/mol. The van der Waals surface area contributed by atoms with E-state index >= 15 is 0 Å². The van der Waals surface area contributed by atoms with Crippen molar-refractivity contribution in [3.05, 3.63) is 34.3 Å². The van der Waals surface area contributed by atoms with Gasteiger partial charge in [0.25, 0.3) is 0 Å². The molecule has 1 aliphatic heterocycles. The molecule has 22 heavy (non-hydrogen) atoms. The smallest absolute Gasteiger partial charge is 0.0750 e. The third-order valence-electron chi connectivity index (χ3n) is 5.13. The minimum atomic E-state index is 0.452. The summed E-state index contributed by atoms with van der Waals surface area (Å²) in [6.45, 7) is 4.32. The van der Waals surface area contributed by atoms with Crippen molar-refractivity contribution < 1.29 is 4.74 Å². The molecule has 4 atom stereocenters. The zero-order valence-corrected chi connectivity index (χ0v) is 15.2. The molecule has 2 fully saturated rings. The minimum Gasteiger partial charge on any atom is -0.372 e. The standard InChI is InChI=1S/C19H28BrNO/c1-2-3-4-5-13-21-17-7-6-8-18(19(17)21)22-14-15-9-11-16(20)12-10-15/h9-12,17-19H,2-8,13-14H2,1H3/t17-,18-,19-,21?/m1/s1. The van der Waals surface area contributed by atoms with E-state index in [1.165, 1.54) is 57.1 Å². The highest BCUT2D eigenvalue weighted by atomic mass is 79.9. The second-order valence-electron chi connectivity index (χ2n) is 6.76. The van der Waals surface area contributed by atoms with Crippen molar-refractivity contribution in [2.24, 2.45) is 0 Å². The number of benzene rings is 1. The quantitative estimate of drug-likeness (QED) is 0.466. The fourth-order valence-electron chi connectivity index (χ4n) is 3.85. The van der Waals surface area contributed by atoms with Gasteiger partial charge in [-0.2, -0.15) is 0 Å². The lowest BCUT2D eigenvalue weighted by Crippen LogP contribution is -2.26. The summed E-state index contributed by atoms with van der Waals surface area (Å²) in [6, 6.07) is 10.0. The van der Waals surface area contributed by atoms with Crippen molar-refractivity contribution in [1.82, 2.24) is 4.90 Å². The normalized spacial score (nSPS) is 30.1. The van der Waals surface area contributed by atoms with Gasteiger partial charge in [0.15, 0.2) is 0 Å². The van der Waals surface area contributed by atoms with Crippen LogP contribution in [0.2, 0.25) is 0 Å². The number of fused-ring (bicyclic) bond motifs is 1. The molecule has 0 amide bonds. The van der Waals surface area contributed by atoms with E-state index < -0.39 is 0 Å². The van der Waals surface area contributed by atoms with Gasteiger partial charge in [0.1, 0.15) is 0 Å². The Labute approximate surface area is 143 Å². The van der Waals surface area contributed by atoms with Crippen LogP contribution >= 0.6 is 15.9 Å². The predicted octanol–water partition coefficient (Wildman–Crippen LogP) is 5.15. The third-order valence-corrected chi connectivity index (χ3v) is 5.66. The zero-order chi connectivity index (χ0) is 15.4. The first-order chi connectivity index (χ1) is 10.8. The summed E-state index contributed by atoms with van der Waals surface area (Å²) in [5, 5.41) is 0. The molecular formula is C19H28BrNO. The van der Waals surface area contributed by atoms with Gasteiger partial charge < -0.3 is 4.74 Å². The Hall–Kier alpha value is -0.380. The number of nitrogens with zero attached hydrogens (tertiary/aromatic N) is 1. The van der Waals surface area contributed by atoms with E-state index in [4.69, 9.17) is 4.74 Å². The van der Waals surface area contributed by atoms with Crippen LogP contribution in [-0.4, -0.2) is 29.6 Å². The molecule has 2 aliphatic rings. The minimum absolute atomic E-state index is 0.452. The maximum absolute atomic E-state index is 6.26. The third kappa shape index (κ3) is 4.12. The molecule has 1 aromatic rings. The first-order valence-electron chi connectivity index (χ1n) is 8.91. The van der Waals surface area contributed by atoms with Gasteiger partial charge in [0, 0.05) is 10.5 Å². The molecule has 0 spiro atoms. The summed E-state index contributed by atoms with van der Waals surface area (Å²) in [6.07, 6.45) is 9.86. The average molecular weight is 366 g/mol. The molecule has 0 aromatic heterocycles. The number of rotatable bonds is 8. The van der Waals surface area contributed by atoms with Gasteiger partial charge in [-0.1, -0.05) is 54.2 Å². The molecule has 1 saturated heterocycles. The van der Waals surface area contributed by atoms with Crippen LogP contribution in [0.15, 0.2) is 28.7 Å². The van der Waals surface area contributed by atoms with E-state index in [9.17, 15) is 0 Å². The second-order valence-corrected chi connectivity index (χ2v) is 7.68. The molecule has 3 rings (SSSR count). The van der Waals surface area contributed by atoms with Gasteiger partial charge in [-0.3, -0.25) is 4.90 Å². The van der Waals surface area contributed by atoms with Crippen molar-refractivity contribution in [1.29, 1.82) is 0 Å². The Morgan fingerprint density at radius 1 is 1.14 bits per heavy atom. The van der Waals surface area contributed by atoms with Gasteiger partial charge in [0.05, 0.1) is 18.8 Å². The topological polar surface area (TPSA) is 12.2 Å². The van der Waals surface area contributed by atoms with Crippen LogP contribution in [0.25, 0.3) is 0 Å². The first-order valence-corrected chi connectivity index (χ1v) is 9.70. The van der Waals surface area contributed by atoms with Crippen LogP contribution in [-0.2, 0) is 11.3 Å². The summed E-state index contributed by atoms with van der Waals surface area (Å²) in [5.74, 6) is 0. The molecule has 122 valence electrons. The van der Waals surface area contributed by atoms with E-state index in [0.29, 0.717) is 12.1 Å². The Morgan fingerprint density at radius 2 is 1.95 bits per heavy atom. The number of hydrogen-bond donors (Lipinski definition) is 0. The average Bonchev–Trinajstić information content (AvgIpc) is 3.25. The maximum atomic E-state index is 6.26. The van der Waals surface area contributed by atoms with Crippen LogP contribution in [0.3, 0.4) is 0 Å². The Bertz CT molecular complexity index is 461. The Morgan fingerprint density at radius 3 is 2.73 bits per heavy atom. The molecule has 1 unspecified atom stereocenters. The highest BCUT2D eigenvalue weighted by molar-refractivity contribution is 9.10. The highest BCUT2D eigenvalue weighted by Crippen LogP contribution is 2.42. The highest BCUT2D eigenvalue weighted by Gasteiger charge is 2.53. The van der Waals surface area contributed by atoms with Crippen molar-refractivity contribution in [2.45, 2.75) is 76.7 Å².